The van der Waals surface area contributed by atoms with Gasteiger partial charge in [0.05, 0.1) is 5.29 Å². The molecule has 0 spiro atoms. The van der Waals surface area contributed by atoms with E-state index in [2.05, 4.69) is 24.7 Å². The summed E-state index contributed by atoms with van der Waals surface area (Å²) in [6.07, 6.45) is 0. The topological polar surface area (TPSA) is 44.7 Å². The smallest absolute Gasteiger partial charge is 0.0658 e. The molecule has 0 radical (unpaired) electrons. The van der Waals surface area contributed by atoms with Crippen molar-refractivity contribution < 1.29 is 0 Å². The Morgan fingerprint density at radius 3 is 2.56 bits per heavy atom. The standard InChI is InChI=1S/C5H13N3O/c1-5(2)4-8(3)6-7-9/h5H,4H2,1-3H3,(H,6,9). The molecule has 0 saturated heterocycles. The first-order valence-electron chi connectivity index (χ1n) is 2.96. The highest BCUT2D eigenvalue weighted by Gasteiger charge is 1.97. The van der Waals surface area contributed by atoms with Crippen LogP contribution in [0.25, 0.3) is 0 Å². The molecule has 0 aromatic heterocycles. The maximum absolute atomic E-state index is 9.59. The van der Waals surface area contributed by atoms with Crippen LogP contribution < -0.4 is 5.53 Å². The molecular weight excluding hydrogens is 118 g/mol. The van der Waals surface area contributed by atoms with Gasteiger partial charge in [-0.25, -0.2) is 10.5 Å². The third kappa shape index (κ3) is 5.23. The van der Waals surface area contributed by atoms with Crippen LogP contribution >= 0.6 is 0 Å². The molecule has 0 aliphatic carbocycles. The molecule has 0 bridgehead atoms. The average molecular weight is 131 g/mol. The molecule has 0 rings (SSSR count). The van der Waals surface area contributed by atoms with Gasteiger partial charge >= 0.3 is 0 Å². The van der Waals surface area contributed by atoms with Crippen molar-refractivity contribution in [3.63, 3.8) is 0 Å². The number of hydrazine groups is 1. The molecule has 0 heterocycles. The first kappa shape index (κ1) is 8.36. The number of nitrogens with zero attached hydrogens (tertiary/aromatic N) is 2. The lowest BCUT2D eigenvalue weighted by molar-refractivity contribution is 0.213. The molecule has 54 valence electrons. The van der Waals surface area contributed by atoms with E-state index in [0.29, 0.717) is 5.92 Å². The SMILES string of the molecule is CC(C)CN(C)NN=O. The van der Waals surface area contributed by atoms with E-state index in [-0.39, 0.29) is 0 Å². The van der Waals surface area contributed by atoms with E-state index in [9.17, 15) is 4.91 Å². The maximum atomic E-state index is 9.59. The predicted octanol–water partition coefficient (Wildman–Crippen LogP) is 0.760. The molecule has 4 nitrogen and oxygen atoms in total. The Morgan fingerprint density at radius 1 is 1.67 bits per heavy atom. The van der Waals surface area contributed by atoms with E-state index >= 15 is 0 Å². The summed E-state index contributed by atoms with van der Waals surface area (Å²) in [5.74, 6) is 0.546. The number of nitroso groups, excluding NO2 is 1. The van der Waals surface area contributed by atoms with Crippen LogP contribution in [-0.2, 0) is 0 Å². The highest BCUT2D eigenvalue weighted by Crippen LogP contribution is 1.91. The van der Waals surface area contributed by atoms with Gasteiger partial charge in [0.1, 0.15) is 0 Å². The molecule has 0 aliphatic rings. The molecule has 9 heavy (non-hydrogen) atoms. The van der Waals surface area contributed by atoms with Gasteiger partial charge in [0.15, 0.2) is 0 Å². The molecule has 0 aliphatic heterocycles. The lowest BCUT2D eigenvalue weighted by Crippen LogP contribution is -2.32. The van der Waals surface area contributed by atoms with Gasteiger partial charge in [0, 0.05) is 13.6 Å². The maximum Gasteiger partial charge on any atom is 0.0658 e. The van der Waals surface area contributed by atoms with Gasteiger partial charge in [-0.1, -0.05) is 13.8 Å². The van der Waals surface area contributed by atoms with Crippen molar-refractivity contribution in [3.8, 4) is 0 Å². The number of hydrogen-bond acceptors (Lipinski definition) is 3. The highest BCUT2D eigenvalue weighted by atomic mass is 16.3. The largest absolute Gasteiger partial charge is 0.208 e. The normalized spacial score (nSPS) is 10.3. The zero-order valence-corrected chi connectivity index (χ0v) is 6.09. The lowest BCUT2D eigenvalue weighted by Gasteiger charge is -2.14. The summed E-state index contributed by atoms with van der Waals surface area (Å²) in [6, 6.07) is 0. The van der Waals surface area contributed by atoms with Crippen molar-refractivity contribution in [2.75, 3.05) is 13.6 Å². The van der Waals surface area contributed by atoms with E-state index in [1.165, 1.54) is 0 Å². The quantitative estimate of drug-likeness (QED) is 0.452. The monoisotopic (exact) mass is 131 g/mol. The van der Waals surface area contributed by atoms with Crippen molar-refractivity contribution in [2.24, 2.45) is 11.2 Å². The fourth-order valence-corrected chi connectivity index (χ4v) is 0.658. The van der Waals surface area contributed by atoms with E-state index in [0.717, 1.165) is 6.54 Å². The molecule has 0 atom stereocenters. The molecule has 0 amide bonds. The number of rotatable bonds is 4. The molecule has 0 fully saturated rings. The van der Waals surface area contributed by atoms with Crippen LogP contribution in [0.5, 0.6) is 0 Å². The Morgan fingerprint density at radius 2 is 2.22 bits per heavy atom. The summed E-state index contributed by atoms with van der Waals surface area (Å²) in [4.78, 5) is 9.59. The molecule has 4 heteroatoms. The van der Waals surface area contributed by atoms with Crippen molar-refractivity contribution in [1.82, 2.24) is 10.5 Å². The van der Waals surface area contributed by atoms with E-state index in [4.69, 9.17) is 0 Å². The minimum absolute atomic E-state index is 0.546. The van der Waals surface area contributed by atoms with E-state index in [1.54, 1.807) is 12.1 Å². The Labute approximate surface area is 55.1 Å². The minimum atomic E-state index is 0.546. The van der Waals surface area contributed by atoms with Gasteiger partial charge < -0.3 is 0 Å². The minimum Gasteiger partial charge on any atom is -0.208 e. The van der Waals surface area contributed by atoms with Crippen molar-refractivity contribution >= 4 is 0 Å². The third-order valence-electron chi connectivity index (χ3n) is 0.851. The molecule has 0 aromatic rings. The van der Waals surface area contributed by atoms with Crippen LogP contribution in [0, 0.1) is 10.8 Å². The first-order valence-corrected chi connectivity index (χ1v) is 2.96. The predicted molar refractivity (Wildman–Crippen MR) is 36.4 cm³/mol. The zero-order valence-electron chi connectivity index (χ0n) is 6.09. The van der Waals surface area contributed by atoms with Crippen LogP contribution in [-0.4, -0.2) is 18.6 Å². The van der Waals surface area contributed by atoms with Crippen molar-refractivity contribution in [2.45, 2.75) is 13.8 Å². The summed E-state index contributed by atoms with van der Waals surface area (Å²) in [7, 11) is 1.78. The summed E-state index contributed by atoms with van der Waals surface area (Å²) < 4.78 is 0. The summed E-state index contributed by atoms with van der Waals surface area (Å²) in [5, 5.41) is 4.17. The Balaban J connectivity index is 3.25. The van der Waals surface area contributed by atoms with Crippen molar-refractivity contribution in [1.29, 1.82) is 0 Å². The summed E-state index contributed by atoms with van der Waals surface area (Å²) in [6.45, 7) is 4.97. The van der Waals surface area contributed by atoms with Gasteiger partial charge in [0.25, 0.3) is 0 Å². The molecule has 1 N–H and O–H groups in total. The van der Waals surface area contributed by atoms with E-state index < -0.39 is 0 Å². The highest BCUT2D eigenvalue weighted by molar-refractivity contribution is 4.46. The average Bonchev–Trinajstić information content (AvgIpc) is 1.63. The molecular formula is C5H13N3O. The van der Waals surface area contributed by atoms with Crippen molar-refractivity contribution in [3.05, 3.63) is 4.91 Å². The van der Waals surface area contributed by atoms with Gasteiger partial charge in [-0.15, -0.1) is 4.91 Å². The van der Waals surface area contributed by atoms with Gasteiger partial charge in [-0.2, -0.15) is 0 Å². The van der Waals surface area contributed by atoms with Crippen LogP contribution in [0.3, 0.4) is 0 Å². The second kappa shape index (κ2) is 4.26. The fourth-order valence-electron chi connectivity index (χ4n) is 0.658. The zero-order chi connectivity index (χ0) is 7.28. The second-order valence-electron chi connectivity index (χ2n) is 2.47. The number of hydrogen-bond donors (Lipinski definition) is 1. The van der Waals surface area contributed by atoms with Gasteiger partial charge in [0.2, 0.25) is 0 Å². The van der Waals surface area contributed by atoms with Crippen LogP contribution in [0.4, 0.5) is 0 Å². The molecule has 0 saturated carbocycles. The van der Waals surface area contributed by atoms with Crippen LogP contribution in [0.15, 0.2) is 5.29 Å². The van der Waals surface area contributed by atoms with Gasteiger partial charge in [-0.3, -0.25) is 0 Å². The Bertz CT molecular complexity index is 84.3. The van der Waals surface area contributed by atoms with E-state index in [1.807, 2.05) is 0 Å². The van der Waals surface area contributed by atoms with Crippen LogP contribution in [0.2, 0.25) is 0 Å². The fraction of sp³-hybridized carbons (Fsp3) is 1.00. The number of nitrogens with one attached hydrogen (secondary N) is 1. The summed E-state index contributed by atoms with van der Waals surface area (Å²) >= 11 is 0. The summed E-state index contributed by atoms with van der Waals surface area (Å²) in [5.41, 5.74) is 2.28. The first-order chi connectivity index (χ1) is 4.16. The Hall–Kier alpha value is -0.640. The van der Waals surface area contributed by atoms with Gasteiger partial charge in [-0.05, 0) is 5.92 Å². The van der Waals surface area contributed by atoms with Crippen LogP contribution in [0.1, 0.15) is 13.8 Å². The molecule has 0 unspecified atom stereocenters. The second-order valence-corrected chi connectivity index (χ2v) is 2.47. The third-order valence-corrected chi connectivity index (χ3v) is 0.851. The molecule has 0 aromatic carbocycles. The lowest BCUT2D eigenvalue weighted by atomic mass is 10.2. The Kier molecular flexibility index (Phi) is 3.96.